The Morgan fingerprint density at radius 1 is 0.975 bits per heavy atom. The highest BCUT2D eigenvalue weighted by Gasteiger charge is 2.38. The van der Waals surface area contributed by atoms with Gasteiger partial charge in [-0.15, -0.1) is 23.7 Å². The number of para-hydroxylation sites is 1. The Bertz CT molecular complexity index is 1320. The van der Waals surface area contributed by atoms with Gasteiger partial charge in [0.15, 0.2) is 0 Å². The molecule has 0 bridgehead atoms. The number of piperidine rings is 1. The second kappa shape index (κ2) is 12.7. The van der Waals surface area contributed by atoms with Crippen molar-refractivity contribution in [2.24, 2.45) is 5.92 Å². The fraction of sp³-hybridized carbons (Fsp3) is 0.394. The van der Waals surface area contributed by atoms with Gasteiger partial charge in [0.25, 0.3) is 0 Å². The molecule has 0 N–H and O–H groups in total. The average molecular weight is 576 g/mol. The number of rotatable bonds is 9. The van der Waals surface area contributed by atoms with Crippen molar-refractivity contribution in [3.63, 3.8) is 0 Å². The lowest BCUT2D eigenvalue weighted by Crippen LogP contribution is -2.43. The predicted molar refractivity (Wildman–Crippen MR) is 166 cm³/mol. The zero-order valence-electron chi connectivity index (χ0n) is 22.9. The number of halogens is 1. The van der Waals surface area contributed by atoms with Gasteiger partial charge in [0, 0.05) is 42.0 Å². The first-order chi connectivity index (χ1) is 19.1. The number of hydrogen-bond donors (Lipinski definition) is 0. The van der Waals surface area contributed by atoms with Crippen molar-refractivity contribution in [1.29, 1.82) is 0 Å². The summed E-state index contributed by atoms with van der Waals surface area (Å²) < 4.78 is 0. The van der Waals surface area contributed by atoms with Crippen molar-refractivity contribution < 1.29 is 9.59 Å². The van der Waals surface area contributed by atoms with E-state index in [4.69, 9.17) is 0 Å². The second-order valence-corrected chi connectivity index (χ2v) is 12.2. The first-order valence-corrected chi connectivity index (χ1v) is 15.2. The van der Waals surface area contributed by atoms with Gasteiger partial charge in [-0.1, -0.05) is 60.7 Å². The zero-order chi connectivity index (χ0) is 26.7. The average Bonchev–Trinajstić information content (AvgIpc) is 3.71. The Morgan fingerprint density at radius 2 is 1.75 bits per heavy atom. The van der Waals surface area contributed by atoms with E-state index in [0.29, 0.717) is 26.1 Å². The molecule has 5 nitrogen and oxygen atoms in total. The lowest BCUT2D eigenvalue weighted by Gasteiger charge is -2.39. The summed E-state index contributed by atoms with van der Waals surface area (Å²) in [6.45, 7) is 5.02. The molecule has 2 aromatic carbocycles. The van der Waals surface area contributed by atoms with Crippen LogP contribution < -0.4 is 4.90 Å². The minimum absolute atomic E-state index is 0. The maximum atomic E-state index is 13.8. The smallest absolute Gasteiger partial charge is 0.232 e. The summed E-state index contributed by atoms with van der Waals surface area (Å²) in [6, 6.07) is 22.9. The fourth-order valence-corrected chi connectivity index (χ4v) is 7.25. The standard InChI is InChI=1S/C33H37N3O2S.ClH/c37-31-24-27(25-35(31)20-14-29-11-6-23-39-29)32(38)36(28-9-2-1-3-10-28)19-7-18-34-21-16-33(17-22-34)15-13-26-8-4-5-12-30(26)33;/h1-6,8-13,15,23,27H,7,14,16-22,24-25H2;1H. The molecule has 40 heavy (non-hydrogen) atoms. The number of carbonyl (C=O) groups excluding carboxylic acids is 2. The Morgan fingerprint density at radius 3 is 2.52 bits per heavy atom. The topological polar surface area (TPSA) is 43.9 Å². The second-order valence-electron chi connectivity index (χ2n) is 11.2. The van der Waals surface area contributed by atoms with Gasteiger partial charge in [-0.05, 0) is 80.0 Å². The first kappa shape index (κ1) is 28.6. The highest BCUT2D eigenvalue weighted by Crippen LogP contribution is 2.43. The minimum atomic E-state index is -0.273. The van der Waals surface area contributed by atoms with Crippen LogP contribution in [-0.2, 0) is 21.4 Å². The van der Waals surface area contributed by atoms with Crippen LogP contribution >= 0.6 is 23.7 Å². The maximum absolute atomic E-state index is 13.8. The van der Waals surface area contributed by atoms with Crippen LogP contribution in [0, 0.1) is 5.92 Å². The van der Waals surface area contributed by atoms with E-state index in [1.807, 2.05) is 46.2 Å². The van der Waals surface area contributed by atoms with Gasteiger partial charge < -0.3 is 14.7 Å². The van der Waals surface area contributed by atoms with Crippen molar-refractivity contribution in [2.45, 2.75) is 37.5 Å². The van der Waals surface area contributed by atoms with Crippen LogP contribution in [0.25, 0.3) is 6.08 Å². The summed E-state index contributed by atoms with van der Waals surface area (Å²) in [5.74, 6) is -0.0914. The van der Waals surface area contributed by atoms with Crippen LogP contribution in [0.4, 0.5) is 5.69 Å². The molecule has 1 aliphatic carbocycles. The van der Waals surface area contributed by atoms with Crippen LogP contribution in [0.5, 0.6) is 0 Å². The number of likely N-dealkylation sites (tertiary alicyclic amines) is 2. The molecule has 2 amide bonds. The summed E-state index contributed by atoms with van der Waals surface area (Å²) in [5, 5.41) is 2.07. The quantitative estimate of drug-likeness (QED) is 0.312. The van der Waals surface area contributed by atoms with Gasteiger partial charge in [-0.2, -0.15) is 0 Å². The number of carbonyl (C=O) groups is 2. The number of hydrogen-bond acceptors (Lipinski definition) is 4. The zero-order valence-corrected chi connectivity index (χ0v) is 24.5. The summed E-state index contributed by atoms with van der Waals surface area (Å²) in [4.78, 5) is 34.2. The monoisotopic (exact) mass is 575 g/mol. The third-order valence-corrected chi connectivity index (χ3v) is 9.73. The molecule has 2 aliphatic heterocycles. The molecular weight excluding hydrogens is 538 g/mol. The lowest BCUT2D eigenvalue weighted by atomic mass is 9.74. The molecule has 3 heterocycles. The highest BCUT2D eigenvalue weighted by atomic mass is 35.5. The minimum Gasteiger partial charge on any atom is -0.342 e. The number of nitrogens with zero attached hydrogens (tertiary/aromatic N) is 3. The fourth-order valence-electron chi connectivity index (χ4n) is 6.55. The predicted octanol–water partition coefficient (Wildman–Crippen LogP) is 6.04. The van der Waals surface area contributed by atoms with Crippen molar-refractivity contribution in [3.8, 4) is 0 Å². The van der Waals surface area contributed by atoms with Gasteiger partial charge in [0.05, 0.1) is 5.92 Å². The molecule has 3 aliphatic rings. The molecule has 3 aromatic rings. The van der Waals surface area contributed by atoms with Gasteiger partial charge in [-0.25, -0.2) is 0 Å². The summed E-state index contributed by atoms with van der Waals surface area (Å²) in [5.41, 5.74) is 3.99. The molecule has 6 rings (SSSR count). The molecule has 210 valence electrons. The number of allylic oxidation sites excluding steroid dienone is 1. The maximum Gasteiger partial charge on any atom is 0.232 e. The first-order valence-electron chi connectivity index (χ1n) is 14.3. The number of thiophene rings is 1. The van der Waals surface area contributed by atoms with E-state index in [1.54, 1.807) is 11.3 Å². The summed E-state index contributed by atoms with van der Waals surface area (Å²) >= 11 is 1.72. The van der Waals surface area contributed by atoms with Crippen LogP contribution in [0.1, 0.15) is 41.7 Å². The summed E-state index contributed by atoms with van der Waals surface area (Å²) in [6.07, 6.45) is 9.10. The number of benzene rings is 2. The largest absolute Gasteiger partial charge is 0.342 e. The van der Waals surface area contributed by atoms with Gasteiger partial charge in [-0.3, -0.25) is 9.59 Å². The van der Waals surface area contributed by atoms with Crippen LogP contribution in [0.3, 0.4) is 0 Å². The summed E-state index contributed by atoms with van der Waals surface area (Å²) in [7, 11) is 0. The third-order valence-electron chi connectivity index (χ3n) is 8.79. The third kappa shape index (κ3) is 6.04. The van der Waals surface area contributed by atoms with Crippen LogP contribution in [-0.4, -0.2) is 60.9 Å². The van der Waals surface area contributed by atoms with E-state index in [1.165, 1.54) is 16.0 Å². The molecule has 2 fully saturated rings. The number of fused-ring (bicyclic) bond motifs is 2. The Kier molecular flexibility index (Phi) is 9.09. The molecule has 1 atom stereocenters. The molecule has 0 radical (unpaired) electrons. The molecule has 0 saturated carbocycles. The van der Waals surface area contributed by atoms with E-state index >= 15 is 0 Å². The van der Waals surface area contributed by atoms with Crippen molar-refractivity contribution >= 4 is 47.3 Å². The highest BCUT2D eigenvalue weighted by molar-refractivity contribution is 7.09. The molecular formula is C33H38ClN3O2S. The molecule has 2 saturated heterocycles. The van der Waals surface area contributed by atoms with Gasteiger partial charge in [0.2, 0.25) is 11.8 Å². The van der Waals surface area contributed by atoms with E-state index in [2.05, 4.69) is 52.8 Å². The number of anilines is 1. The van der Waals surface area contributed by atoms with Gasteiger partial charge >= 0.3 is 0 Å². The molecule has 1 spiro atoms. The Balaban J connectivity index is 0.00000323. The van der Waals surface area contributed by atoms with E-state index in [0.717, 1.165) is 51.0 Å². The van der Waals surface area contributed by atoms with E-state index < -0.39 is 0 Å². The van der Waals surface area contributed by atoms with Crippen LogP contribution in [0.15, 0.2) is 78.2 Å². The van der Waals surface area contributed by atoms with Gasteiger partial charge in [0.1, 0.15) is 0 Å². The SMILES string of the molecule is Cl.O=C1CC(C(=O)N(CCCN2CCC3(C=Cc4ccccc43)CC2)c2ccccc2)CN1CCc1cccs1. The molecule has 1 unspecified atom stereocenters. The van der Waals surface area contributed by atoms with Crippen LogP contribution in [0.2, 0.25) is 0 Å². The molecule has 1 aromatic heterocycles. The van der Waals surface area contributed by atoms with E-state index in [-0.39, 0.29) is 35.6 Å². The lowest BCUT2D eigenvalue weighted by molar-refractivity contribution is -0.128. The molecule has 7 heteroatoms. The number of amides is 2. The Hall–Kier alpha value is -2.93. The van der Waals surface area contributed by atoms with E-state index in [9.17, 15) is 9.59 Å². The normalized spacial score (nSPS) is 19.6. The van der Waals surface area contributed by atoms with Crippen molar-refractivity contribution in [1.82, 2.24) is 9.80 Å². The van der Waals surface area contributed by atoms with Crippen molar-refractivity contribution in [3.05, 3.63) is 94.2 Å². The Labute approximate surface area is 247 Å². The van der Waals surface area contributed by atoms with Crippen molar-refractivity contribution in [2.75, 3.05) is 44.2 Å².